The Bertz CT molecular complexity index is 775. The maximum atomic E-state index is 13.0. The third-order valence-corrected chi connectivity index (χ3v) is 4.87. The summed E-state index contributed by atoms with van der Waals surface area (Å²) in [5.41, 5.74) is 2.00. The van der Waals surface area contributed by atoms with E-state index in [1.807, 2.05) is 43.6 Å². The molecule has 1 aliphatic rings. The zero-order chi connectivity index (χ0) is 19.2. The van der Waals surface area contributed by atoms with Crippen LogP contribution in [0.1, 0.15) is 24.0 Å². The zero-order valence-corrected chi connectivity index (χ0v) is 15.7. The Morgan fingerprint density at radius 1 is 1.33 bits per heavy atom. The number of aromatic nitrogens is 2. The van der Waals surface area contributed by atoms with Gasteiger partial charge in [-0.2, -0.15) is 5.10 Å². The second-order valence-electron chi connectivity index (χ2n) is 6.82. The van der Waals surface area contributed by atoms with E-state index in [-0.39, 0.29) is 24.3 Å². The predicted molar refractivity (Wildman–Crippen MR) is 101 cm³/mol. The Morgan fingerprint density at radius 2 is 2.11 bits per heavy atom. The minimum Gasteiger partial charge on any atom is -0.464 e. The van der Waals surface area contributed by atoms with Gasteiger partial charge in [0, 0.05) is 38.7 Å². The number of nitrogens with zero attached hydrogens (tertiary/aromatic N) is 2. The van der Waals surface area contributed by atoms with Crippen molar-refractivity contribution in [3.8, 4) is 0 Å². The van der Waals surface area contributed by atoms with E-state index in [1.165, 1.54) is 0 Å². The van der Waals surface area contributed by atoms with E-state index in [0.717, 1.165) is 11.1 Å². The molecule has 1 saturated heterocycles. The summed E-state index contributed by atoms with van der Waals surface area (Å²) in [5, 5.41) is 10.4. The lowest BCUT2D eigenvalue weighted by Crippen LogP contribution is -2.47. The molecule has 7 nitrogen and oxygen atoms in total. The number of hydrogen-bond acceptors (Lipinski definition) is 5. The molecule has 7 heteroatoms. The van der Waals surface area contributed by atoms with Gasteiger partial charge >= 0.3 is 5.97 Å². The zero-order valence-electron chi connectivity index (χ0n) is 15.7. The molecule has 1 aromatic carbocycles. The summed E-state index contributed by atoms with van der Waals surface area (Å²) in [4.78, 5) is 25.3. The van der Waals surface area contributed by atoms with Crippen molar-refractivity contribution in [2.75, 3.05) is 19.7 Å². The molecular weight excluding hydrogens is 344 g/mol. The number of esters is 1. The van der Waals surface area contributed by atoms with Crippen LogP contribution in [0.2, 0.25) is 0 Å². The average Bonchev–Trinajstić information content (AvgIpc) is 3.31. The van der Waals surface area contributed by atoms with Crippen LogP contribution in [0.3, 0.4) is 0 Å². The van der Waals surface area contributed by atoms with E-state index >= 15 is 0 Å². The normalized spacial score (nSPS) is 20.2. The number of ether oxygens (including phenoxy) is 1. The van der Waals surface area contributed by atoms with Gasteiger partial charge in [0.25, 0.3) is 0 Å². The van der Waals surface area contributed by atoms with Crippen molar-refractivity contribution in [1.29, 1.82) is 0 Å². The fraction of sp³-hybridized carbons (Fsp3) is 0.450. The highest BCUT2D eigenvalue weighted by atomic mass is 16.5. The van der Waals surface area contributed by atoms with Crippen molar-refractivity contribution in [1.82, 2.24) is 20.4 Å². The maximum Gasteiger partial charge on any atom is 0.328 e. The first kappa shape index (κ1) is 19.1. The largest absolute Gasteiger partial charge is 0.464 e. The first-order valence-electron chi connectivity index (χ1n) is 9.28. The van der Waals surface area contributed by atoms with Gasteiger partial charge < -0.3 is 15.4 Å². The molecule has 1 fully saturated rings. The number of amides is 1. The molecule has 1 aliphatic heterocycles. The smallest absolute Gasteiger partial charge is 0.328 e. The van der Waals surface area contributed by atoms with E-state index < -0.39 is 12.0 Å². The van der Waals surface area contributed by atoms with E-state index in [9.17, 15) is 9.59 Å². The van der Waals surface area contributed by atoms with E-state index in [1.54, 1.807) is 17.8 Å². The fourth-order valence-electron chi connectivity index (χ4n) is 3.50. The van der Waals surface area contributed by atoms with Crippen LogP contribution in [-0.2, 0) is 27.8 Å². The molecule has 0 spiro atoms. The molecule has 27 heavy (non-hydrogen) atoms. The van der Waals surface area contributed by atoms with E-state index in [2.05, 4.69) is 15.7 Å². The van der Waals surface area contributed by atoms with Crippen LogP contribution in [0.5, 0.6) is 0 Å². The molecule has 2 N–H and O–H groups in total. The minimum absolute atomic E-state index is 0.0401. The van der Waals surface area contributed by atoms with Crippen LogP contribution in [0.25, 0.3) is 0 Å². The number of aryl methyl sites for hydroxylation is 1. The lowest BCUT2D eigenvalue weighted by Gasteiger charge is -2.22. The summed E-state index contributed by atoms with van der Waals surface area (Å²) in [6.45, 7) is 3.33. The van der Waals surface area contributed by atoms with Gasteiger partial charge in [-0.05, 0) is 18.1 Å². The Hall–Kier alpha value is -2.67. The molecule has 0 radical (unpaired) electrons. The van der Waals surface area contributed by atoms with Gasteiger partial charge in [-0.1, -0.05) is 30.3 Å². The molecule has 2 heterocycles. The molecule has 144 valence electrons. The standard InChI is InChI=1S/C20H26N4O3/c1-3-27-20(26)18(9-14-7-5-4-6-8-14)23-19(25)17-12-21-11-16(17)15-10-22-24(2)13-15/h4-8,10,13,16-18,21H,3,9,11-12H2,1-2H3,(H,23,25)/t16-,17+,18?/m1/s1. The quantitative estimate of drug-likeness (QED) is 0.711. The summed E-state index contributed by atoms with van der Waals surface area (Å²) >= 11 is 0. The topological polar surface area (TPSA) is 85.2 Å². The van der Waals surface area contributed by atoms with Gasteiger partial charge in [-0.25, -0.2) is 4.79 Å². The van der Waals surface area contributed by atoms with Gasteiger partial charge in [-0.3, -0.25) is 9.48 Å². The average molecular weight is 370 g/mol. The Labute approximate surface area is 159 Å². The second kappa shape index (κ2) is 8.81. The molecule has 1 amide bonds. The number of nitrogens with one attached hydrogen (secondary N) is 2. The highest BCUT2D eigenvalue weighted by Crippen LogP contribution is 2.28. The van der Waals surface area contributed by atoms with Gasteiger partial charge in [0.2, 0.25) is 5.91 Å². The molecule has 1 aromatic heterocycles. The van der Waals surface area contributed by atoms with Gasteiger partial charge in [0.15, 0.2) is 0 Å². The number of carbonyl (C=O) groups excluding carboxylic acids is 2. The van der Waals surface area contributed by atoms with Crippen LogP contribution in [0.4, 0.5) is 0 Å². The summed E-state index contributed by atoms with van der Waals surface area (Å²) in [6, 6.07) is 8.93. The van der Waals surface area contributed by atoms with Crippen LogP contribution < -0.4 is 10.6 Å². The SMILES string of the molecule is CCOC(=O)C(Cc1ccccc1)NC(=O)[C@H]1CNC[C@@H]1c1cnn(C)c1. The van der Waals surface area contributed by atoms with Crippen LogP contribution in [0, 0.1) is 5.92 Å². The highest BCUT2D eigenvalue weighted by Gasteiger charge is 2.36. The fourth-order valence-corrected chi connectivity index (χ4v) is 3.50. The Morgan fingerprint density at radius 3 is 2.78 bits per heavy atom. The maximum absolute atomic E-state index is 13.0. The van der Waals surface area contributed by atoms with Crippen molar-refractivity contribution >= 4 is 11.9 Å². The first-order valence-corrected chi connectivity index (χ1v) is 9.28. The Kier molecular flexibility index (Phi) is 6.24. The second-order valence-corrected chi connectivity index (χ2v) is 6.82. The lowest BCUT2D eigenvalue weighted by atomic mass is 9.90. The number of carbonyl (C=O) groups is 2. The Balaban J connectivity index is 1.72. The number of hydrogen-bond donors (Lipinski definition) is 2. The van der Waals surface area contributed by atoms with Gasteiger partial charge in [-0.15, -0.1) is 0 Å². The monoisotopic (exact) mass is 370 g/mol. The van der Waals surface area contributed by atoms with E-state index in [4.69, 9.17) is 4.74 Å². The molecule has 0 aliphatic carbocycles. The number of rotatable bonds is 7. The summed E-state index contributed by atoms with van der Waals surface area (Å²) in [5.74, 6) is -0.749. The summed E-state index contributed by atoms with van der Waals surface area (Å²) in [6.07, 6.45) is 4.14. The molecule has 3 atom stereocenters. The molecular formula is C20H26N4O3. The van der Waals surface area contributed by atoms with Crippen molar-refractivity contribution in [2.45, 2.75) is 25.3 Å². The minimum atomic E-state index is -0.699. The van der Waals surface area contributed by atoms with Crippen LogP contribution in [-0.4, -0.2) is 47.4 Å². The molecule has 0 saturated carbocycles. The molecule has 1 unspecified atom stereocenters. The third kappa shape index (κ3) is 4.74. The van der Waals surface area contributed by atoms with Crippen LogP contribution >= 0.6 is 0 Å². The van der Waals surface area contributed by atoms with Crippen LogP contribution in [0.15, 0.2) is 42.7 Å². The summed E-state index contributed by atoms with van der Waals surface area (Å²) in [7, 11) is 1.86. The van der Waals surface area contributed by atoms with Crippen molar-refractivity contribution < 1.29 is 14.3 Å². The number of benzene rings is 1. The molecule has 3 rings (SSSR count). The predicted octanol–water partition coefficient (Wildman–Crippen LogP) is 1.01. The van der Waals surface area contributed by atoms with E-state index in [0.29, 0.717) is 19.5 Å². The first-order chi connectivity index (χ1) is 13.1. The summed E-state index contributed by atoms with van der Waals surface area (Å²) < 4.78 is 6.91. The third-order valence-electron chi connectivity index (χ3n) is 4.87. The molecule has 2 aromatic rings. The van der Waals surface area contributed by atoms with Gasteiger partial charge in [0.05, 0.1) is 18.7 Å². The lowest BCUT2D eigenvalue weighted by molar-refractivity contribution is -0.147. The van der Waals surface area contributed by atoms with Crippen molar-refractivity contribution in [3.63, 3.8) is 0 Å². The van der Waals surface area contributed by atoms with Crippen molar-refractivity contribution in [3.05, 3.63) is 53.9 Å². The van der Waals surface area contributed by atoms with Crippen molar-refractivity contribution in [2.24, 2.45) is 13.0 Å². The molecule has 0 bridgehead atoms. The van der Waals surface area contributed by atoms with Gasteiger partial charge in [0.1, 0.15) is 6.04 Å². The highest BCUT2D eigenvalue weighted by molar-refractivity contribution is 5.87.